The first-order chi connectivity index (χ1) is 7.09. The largest absolute Gasteiger partial charge is 0.461 e. The summed E-state index contributed by atoms with van der Waals surface area (Å²) in [6.07, 6.45) is 0.447. The van der Waals surface area contributed by atoms with Gasteiger partial charge in [0, 0.05) is 13.1 Å². The molecule has 2 unspecified atom stereocenters. The number of rotatable bonds is 4. The lowest BCUT2D eigenvalue weighted by Crippen LogP contribution is -2.44. The summed E-state index contributed by atoms with van der Waals surface area (Å²) < 4.78 is 10.6. The van der Waals surface area contributed by atoms with Crippen molar-refractivity contribution in [3.05, 3.63) is 0 Å². The maximum atomic E-state index is 11.6. The zero-order valence-corrected chi connectivity index (χ0v) is 9.79. The highest BCUT2D eigenvalue weighted by Gasteiger charge is 2.24. The highest BCUT2D eigenvalue weighted by atomic mass is 16.6. The van der Waals surface area contributed by atoms with E-state index in [1.165, 1.54) is 0 Å². The molecular formula is C11H21NO3. The lowest BCUT2D eigenvalue weighted by Gasteiger charge is -2.24. The molecule has 1 rings (SSSR count). The molecule has 0 aromatic heterocycles. The molecule has 0 amide bonds. The SMILES string of the molecule is CC(C)CC(C)OC(=O)C1CNCCO1. The minimum Gasteiger partial charge on any atom is -0.461 e. The molecule has 1 fully saturated rings. The molecule has 1 saturated heterocycles. The molecule has 0 aromatic rings. The van der Waals surface area contributed by atoms with E-state index < -0.39 is 6.10 Å². The number of carbonyl (C=O) groups excluding carboxylic acids is 1. The summed E-state index contributed by atoms with van der Waals surface area (Å²) in [7, 11) is 0. The third-order valence-electron chi connectivity index (χ3n) is 2.31. The molecule has 4 heteroatoms. The number of esters is 1. The van der Waals surface area contributed by atoms with Gasteiger partial charge in [0.2, 0.25) is 0 Å². The smallest absolute Gasteiger partial charge is 0.336 e. The molecule has 15 heavy (non-hydrogen) atoms. The molecule has 1 aliphatic rings. The normalized spacial score (nSPS) is 23.9. The van der Waals surface area contributed by atoms with Crippen LogP contribution in [0, 0.1) is 5.92 Å². The number of ether oxygens (including phenoxy) is 2. The Morgan fingerprint density at radius 2 is 2.27 bits per heavy atom. The monoisotopic (exact) mass is 215 g/mol. The average Bonchev–Trinajstić information content (AvgIpc) is 2.17. The topological polar surface area (TPSA) is 47.6 Å². The third-order valence-corrected chi connectivity index (χ3v) is 2.31. The van der Waals surface area contributed by atoms with Crippen molar-refractivity contribution in [2.75, 3.05) is 19.7 Å². The minimum absolute atomic E-state index is 0.0250. The van der Waals surface area contributed by atoms with Gasteiger partial charge in [0.15, 0.2) is 6.10 Å². The van der Waals surface area contributed by atoms with Gasteiger partial charge in [-0.25, -0.2) is 4.79 Å². The average molecular weight is 215 g/mol. The Hall–Kier alpha value is -0.610. The van der Waals surface area contributed by atoms with Crippen molar-refractivity contribution in [3.8, 4) is 0 Å². The van der Waals surface area contributed by atoms with Crippen molar-refractivity contribution in [2.24, 2.45) is 5.92 Å². The van der Waals surface area contributed by atoms with Crippen LogP contribution >= 0.6 is 0 Å². The van der Waals surface area contributed by atoms with Crippen LogP contribution < -0.4 is 5.32 Å². The van der Waals surface area contributed by atoms with E-state index in [4.69, 9.17) is 9.47 Å². The summed E-state index contributed by atoms with van der Waals surface area (Å²) in [6.45, 7) is 8.11. The lowest BCUT2D eigenvalue weighted by molar-refractivity contribution is -0.163. The highest BCUT2D eigenvalue weighted by molar-refractivity contribution is 5.75. The summed E-state index contributed by atoms with van der Waals surface area (Å²) in [5.41, 5.74) is 0. The number of hydrogen-bond acceptors (Lipinski definition) is 4. The van der Waals surface area contributed by atoms with Gasteiger partial charge in [-0.3, -0.25) is 0 Å². The van der Waals surface area contributed by atoms with Gasteiger partial charge >= 0.3 is 5.97 Å². The van der Waals surface area contributed by atoms with E-state index in [2.05, 4.69) is 19.2 Å². The fraction of sp³-hybridized carbons (Fsp3) is 0.909. The summed E-state index contributed by atoms with van der Waals surface area (Å²) in [5.74, 6) is 0.300. The van der Waals surface area contributed by atoms with Crippen LogP contribution in [-0.4, -0.2) is 37.9 Å². The number of hydrogen-bond donors (Lipinski definition) is 1. The fourth-order valence-electron chi connectivity index (χ4n) is 1.70. The van der Waals surface area contributed by atoms with Crippen LogP contribution in [0.2, 0.25) is 0 Å². The van der Waals surface area contributed by atoms with E-state index in [-0.39, 0.29) is 12.1 Å². The zero-order chi connectivity index (χ0) is 11.3. The molecule has 2 atom stereocenters. The van der Waals surface area contributed by atoms with E-state index in [1.54, 1.807) is 0 Å². The Bertz CT molecular complexity index is 200. The fourth-order valence-corrected chi connectivity index (χ4v) is 1.70. The van der Waals surface area contributed by atoms with Crippen LogP contribution in [0.5, 0.6) is 0 Å². The van der Waals surface area contributed by atoms with Crippen LogP contribution in [-0.2, 0) is 14.3 Å². The first-order valence-corrected chi connectivity index (χ1v) is 5.62. The minimum atomic E-state index is -0.423. The zero-order valence-electron chi connectivity index (χ0n) is 9.79. The first kappa shape index (κ1) is 12.5. The Morgan fingerprint density at radius 1 is 1.53 bits per heavy atom. The number of carbonyl (C=O) groups is 1. The van der Waals surface area contributed by atoms with Crippen LogP contribution in [0.25, 0.3) is 0 Å². The van der Waals surface area contributed by atoms with Crippen molar-refractivity contribution in [3.63, 3.8) is 0 Å². The third kappa shape index (κ3) is 4.62. The van der Waals surface area contributed by atoms with Gasteiger partial charge in [0.25, 0.3) is 0 Å². The number of nitrogens with one attached hydrogen (secondary N) is 1. The Balaban J connectivity index is 2.27. The van der Waals surface area contributed by atoms with Crippen molar-refractivity contribution >= 4 is 5.97 Å². The second-order valence-electron chi connectivity index (χ2n) is 4.44. The quantitative estimate of drug-likeness (QED) is 0.709. The Morgan fingerprint density at radius 3 is 2.80 bits per heavy atom. The molecule has 1 heterocycles. The van der Waals surface area contributed by atoms with E-state index in [0.29, 0.717) is 19.1 Å². The second kappa shape index (κ2) is 6.08. The summed E-state index contributed by atoms with van der Waals surface area (Å²) in [4.78, 5) is 11.6. The Kier molecular flexibility index (Phi) is 5.05. The molecule has 1 aliphatic heterocycles. The van der Waals surface area contributed by atoms with Crippen molar-refractivity contribution < 1.29 is 14.3 Å². The van der Waals surface area contributed by atoms with Crippen molar-refractivity contribution in [1.82, 2.24) is 5.32 Å². The van der Waals surface area contributed by atoms with Gasteiger partial charge in [0.05, 0.1) is 12.7 Å². The molecule has 0 bridgehead atoms. The van der Waals surface area contributed by atoms with Crippen LogP contribution in [0.15, 0.2) is 0 Å². The summed E-state index contributed by atoms with van der Waals surface area (Å²) >= 11 is 0. The molecule has 1 N–H and O–H groups in total. The van der Waals surface area contributed by atoms with Gasteiger partial charge in [-0.1, -0.05) is 13.8 Å². The molecule has 0 radical (unpaired) electrons. The highest BCUT2D eigenvalue weighted by Crippen LogP contribution is 2.09. The summed E-state index contributed by atoms with van der Waals surface area (Å²) in [5, 5.41) is 3.10. The van der Waals surface area contributed by atoms with Gasteiger partial charge in [-0.15, -0.1) is 0 Å². The molecule has 0 aromatic carbocycles. The van der Waals surface area contributed by atoms with Crippen molar-refractivity contribution in [1.29, 1.82) is 0 Å². The molecule has 0 saturated carbocycles. The van der Waals surface area contributed by atoms with E-state index in [9.17, 15) is 4.79 Å². The molecular weight excluding hydrogens is 194 g/mol. The second-order valence-corrected chi connectivity index (χ2v) is 4.44. The maximum absolute atomic E-state index is 11.6. The first-order valence-electron chi connectivity index (χ1n) is 5.62. The van der Waals surface area contributed by atoms with Crippen LogP contribution in [0.4, 0.5) is 0 Å². The summed E-state index contributed by atoms with van der Waals surface area (Å²) in [6, 6.07) is 0. The van der Waals surface area contributed by atoms with Crippen LogP contribution in [0.3, 0.4) is 0 Å². The predicted octanol–water partition coefficient (Wildman–Crippen LogP) is 0.953. The van der Waals surface area contributed by atoms with E-state index >= 15 is 0 Å². The van der Waals surface area contributed by atoms with E-state index in [0.717, 1.165) is 13.0 Å². The predicted molar refractivity (Wildman–Crippen MR) is 57.6 cm³/mol. The van der Waals surface area contributed by atoms with Gasteiger partial charge in [0.1, 0.15) is 0 Å². The van der Waals surface area contributed by atoms with E-state index in [1.807, 2.05) is 6.92 Å². The van der Waals surface area contributed by atoms with Gasteiger partial charge < -0.3 is 14.8 Å². The molecule has 88 valence electrons. The van der Waals surface area contributed by atoms with Crippen molar-refractivity contribution in [2.45, 2.75) is 39.4 Å². The van der Waals surface area contributed by atoms with Crippen LogP contribution in [0.1, 0.15) is 27.2 Å². The Labute approximate surface area is 91.3 Å². The lowest BCUT2D eigenvalue weighted by atomic mass is 10.1. The maximum Gasteiger partial charge on any atom is 0.336 e. The standard InChI is InChI=1S/C11H21NO3/c1-8(2)6-9(3)15-11(13)10-7-12-4-5-14-10/h8-10,12H,4-7H2,1-3H3. The molecule has 0 spiro atoms. The van der Waals surface area contributed by atoms with Gasteiger partial charge in [-0.2, -0.15) is 0 Å². The van der Waals surface area contributed by atoms with Gasteiger partial charge in [-0.05, 0) is 19.3 Å². The number of morpholine rings is 1. The molecule has 4 nitrogen and oxygen atoms in total. The molecule has 0 aliphatic carbocycles.